The highest BCUT2D eigenvalue weighted by molar-refractivity contribution is 14.1. The van der Waals surface area contributed by atoms with Crippen LogP contribution in [-0.2, 0) is 0 Å². The third-order valence-corrected chi connectivity index (χ3v) is 2.63. The van der Waals surface area contributed by atoms with Crippen molar-refractivity contribution in [3.63, 3.8) is 0 Å². The first-order chi connectivity index (χ1) is 6.18. The Morgan fingerprint density at radius 3 is 3.00 bits per heavy atom. The number of benzene rings is 1. The summed E-state index contributed by atoms with van der Waals surface area (Å²) in [7, 11) is 0. The molecule has 0 atom stereocenters. The monoisotopic (exact) mass is 291 g/mol. The van der Waals surface area contributed by atoms with Crippen LogP contribution in [0.2, 0.25) is 0 Å². The summed E-state index contributed by atoms with van der Waals surface area (Å²) in [4.78, 5) is 11.4. The lowest BCUT2D eigenvalue weighted by Gasteiger charge is -2.17. The number of halogens is 2. The molecule has 1 aliphatic heterocycles. The number of fused-ring (bicyclic) bond motifs is 1. The zero-order chi connectivity index (χ0) is 9.42. The summed E-state index contributed by atoms with van der Waals surface area (Å²) in [6.45, 7) is 0.531. The molecule has 0 fully saturated rings. The van der Waals surface area contributed by atoms with E-state index in [0.717, 1.165) is 3.57 Å². The van der Waals surface area contributed by atoms with Crippen LogP contribution in [0, 0.1) is 9.39 Å². The van der Waals surface area contributed by atoms with Crippen molar-refractivity contribution in [1.82, 2.24) is 0 Å². The smallest absolute Gasteiger partial charge is 0.166 e. The largest absolute Gasteiger partial charge is 0.382 e. The van der Waals surface area contributed by atoms with Gasteiger partial charge in [-0.15, -0.1) is 0 Å². The van der Waals surface area contributed by atoms with Crippen molar-refractivity contribution in [1.29, 1.82) is 0 Å². The molecule has 0 saturated heterocycles. The zero-order valence-corrected chi connectivity index (χ0v) is 8.89. The molecule has 0 radical (unpaired) electrons. The van der Waals surface area contributed by atoms with E-state index in [4.69, 9.17) is 0 Å². The number of rotatable bonds is 0. The molecule has 2 nitrogen and oxygen atoms in total. The highest BCUT2D eigenvalue weighted by atomic mass is 127. The van der Waals surface area contributed by atoms with Gasteiger partial charge in [-0.2, -0.15) is 0 Å². The summed E-state index contributed by atoms with van der Waals surface area (Å²) in [6, 6.07) is 3.14. The lowest BCUT2D eigenvalue weighted by Crippen LogP contribution is -2.19. The van der Waals surface area contributed by atoms with Crippen LogP contribution in [0.25, 0.3) is 0 Å². The maximum absolute atomic E-state index is 13.3. The van der Waals surface area contributed by atoms with E-state index < -0.39 is 0 Å². The predicted molar refractivity (Wildman–Crippen MR) is 56.6 cm³/mol. The molecular formula is C9H7FINO. The van der Waals surface area contributed by atoms with Crippen molar-refractivity contribution in [3.8, 4) is 0 Å². The van der Waals surface area contributed by atoms with Gasteiger partial charge >= 0.3 is 0 Å². The molecule has 2 rings (SSSR count). The van der Waals surface area contributed by atoms with Gasteiger partial charge in [-0.1, -0.05) is 0 Å². The van der Waals surface area contributed by atoms with Gasteiger partial charge in [0.15, 0.2) is 5.78 Å². The number of hydrogen-bond acceptors (Lipinski definition) is 2. The van der Waals surface area contributed by atoms with Gasteiger partial charge in [-0.05, 0) is 34.7 Å². The van der Waals surface area contributed by atoms with Gasteiger partial charge in [0.2, 0.25) is 0 Å². The van der Waals surface area contributed by atoms with Gasteiger partial charge in [0, 0.05) is 22.1 Å². The molecule has 13 heavy (non-hydrogen) atoms. The lowest BCUT2D eigenvalue weighted by molar-refractivity contribution is 0.0983. The van der Waals surface area contributed by atoms with Gasteiger partial charge in [0.25, 0.3) is 0 Å². The molecule has 0 spiro atoms. The molecule has 1 aromatic carbocycles. The second-order valence-corrected chi connectivity index (χ2v) is 4.16. The number of nitrogens with one attached hydrogen (secondary N) is 1. The minimum atomic E-state index is -0.338. The van der Waals surface area contributed by atoms with Crippen molar-refractivity contribution in [2.75, 3.05) is 11.9 Å². The van der Waals surface area contributed by atoms with Crippen LogP contribution in [0.3, 0.4) is 0 Å². The molecule has 0 amide bonds. The Morgan fingerprint density at radius 2 is 2.23 bits per heavy atom. The van der Waals surface area contributed by atoms with Crippen molar-refractivity contribution in [3.05, 3.63) is 27.1 Å². The fraction of sp³-hybridized carbons (Fsp3) is 0.222. The first kappa shape index (κ1) is 8.93. The van der Waals surface area contributed by atoms with Gasteiger partial charge in [-0.25, -0.2) is 4.39 Å². The van der Waals surface area contributed by atoms with Crippen LogP contribution in [0.5, 0.6) is 0 Å². The Bertz CT molecular complexity index is 378. The van der Waals surface area contributed by atoms with E-state index in [1.807, 2.05) is 22.6 Å². The molecule has 1 N–H and O–H groups in total. The third kappa shape index (κ3) is 1.54. The highest BCUT2D eigenvalue weighted by Gasteiger charge is 2.20. The molecule has 0 aliphatic carbocycles. The molecule has 0 bridgehead atoms. The number of ketones is 1. The van der Waals surface area contributed by atoms with E-state index in [1.54, 1.807) is 6.07 Å². The summed E-state index contributed by atoms with van der Waals surface area (Å²) in [5, 5.41) is 2.89. The van der Waals surface area contributed by atoms with Crippen LogP contribution < -0.4 is 5.32 Å². The van der Waals surface area contributed by atoms with Crippen LogP contribution in [0.4, 0.5) is 10.1 Å². The van der Waals surface area contributed by atoms with E-state index >= 15 is 0 Å². The first-order valence-electron chi connectivity index (χ1n) is 3.94. The van der Waals surface area contributed by atoms with Crippen molar-refractivity contribution in [2.24, 2.45) is 0 Å². The zero-order valence-electron chi connectivity index (χ0n) is 6.73. The van der Waals surface area contributed by atoms with E-state index in [9.17, 15) is 9.18 Å². The summed E-state index contributed by atoms with van der Waals surface area (Å²) < 4.78 is 14.0. The topological polar surface area (TPSA) is 29.1 Å². The number of Topliss-reactive ketones (excluding diaryl/α,β-unsaturated/α-hetero) is 1. The SMILES string of the molecule is O=C1CCNc2c(F)cc(I)cc21. The molecule has 1 heterocycles. The molecule has 0 saturated carbocycles. The number of hydrogen-bond donors (Lipinski definition) is 1. The van der Waals surface area contributed by atoms with Crippen molar-refractivity contribution < 1.29 is 9.18 Å². The normalized spacial score (nSPS) is 15.1. The molecule has 68 valence electrons. The molecule has 0 aromatic heterocycles. The second-order valence-electron chi connectivity index (χ2n) is 2.91. The Kier molecular flexibility index (Phi) is 2.23. The molecular weight excluding hydrogens is 284 g/mol. The van der Waals surface area contributed by atoms with Crippen LogP contribution >= 0.6 is 22.6 Å². The Hall–Kier alpha value is -0.650. The van der Waals surface area contributed by atoms with Crippen LogP contribution in [0.1, 0.15) is 16.8 Å². The number of carbonyl (C=O) groups is 1. The van der Waals surface area contributed by atoms with E-state index in [2.05, 4.69) is 5.32 Å². The summed E-state index contributed by atoms with van der Waals surface area (Å²) in [6.07, 6.45) is 0.451. The molecule has 0 unspecified atom stereocenters. The minimum Gasteiger partial charge on any atom is -0.382 e. The highest BCUT2D eigenvalue weighted by Crippen LogP contribution is 2.27. The lowest BCUT2D eigenvalue weighted by atomic mass is 10.0. The Morgan fingerprint density at radius 1 is 1.46 bits per heavy atom. The first-order valence-corrected chi connectivity index (χ1v) is 5.02. The standard InChI is InChI=1S/C9H7FINO/c10-7-4-5(11)3-6-8(13)1-2-12-9(6)7/h3-4,12H,1-2H2. The van der Waals surface area contributed by atoms with E-state index in [0.29, 0.717) is 24.2 Å². The fourth-order valence-electron chi connectivity index (χ4n) is 1.41. The van der Waals surface area contributed by atoms with E-state index in [1.165, 1.54) is 6.07 Å². The van der Waals surface area contributed by atoms with Gasteiger partial charge in [-0.3, -0.25) is 4.79 Å². The maximum Gasteiger partial charge on any atom is 0.166 e. The number of anilines is 1. The summed E-state index contributed by atoms with van der Waals surface area (Å²) in [5.41, 5.74) is 0.840. The fourth-order valence-corrected chi connectivity index (χ4v) is 1.99. The van der Waals surface area contributed by atoms with Crippen LogP contribution in [-0.4, -0.2) is 12.3 Å². The second kappa shape index (κ2) is 3.25. The molecule has 4 heteroatoms. The quantitative estimate of drug-likeness (QED) is 0.744. The summed E-state index contributed by atoms with van der Waals surface area (Å²) in [5.74, 6) is -0.318. The van der Waals surface area contributed by atoms with Crippen molar-refractivity contribution in [2.45, 2.75) is 6.42 Å². The summed E-state index contributed by atoms with van der Waals surface area (Å²) >= 11 is 2.00. The third-order valence-electron chi connectivity index (χ3n) is 2.01. The van der Waals surface area contributed by atoms with E-state index in [-0.39, 0.29) is 11.6 Å². The predicted octanol–water partition coefficient (Wildman–Crippen LogP) is 2.43. The minimum absolute atomic E-state index is 0.0196. The van der Waals surface area contributed by atoms with Gasteiger partial charge < -0.3 is 5.32 Å². The van der Waals surface area contributed by atoms with Gasteiger partial charge in [0.1, 0.15) is 5.82 Å². The maximum atomic E-state index is 13.3. The Balaban J connectivity index is 2.63. The van der Waals surface area contributed by atoms with Crippen molar-refractivity contribution >= 4 is 34.1 Å². The average Bonchev–Trinajstić information content (AvgIpc) is 2.07. The average molecular weight is 291 g/mol. The van der Waals surface area contributed by atoms with Gasteiger partial charge in [0.05, 0.1) is 5.69 Å². The molecule has 1 aromatic rings. The number of carbonyl (C=O) groups excluding carboxylic acids is 1. The van der Waals surface area contributed by atoms with Crippen LogP contribution in [0.15, 0.2) is 12.1 Å². The molecule has 1 aliphatic rings. The Labute approximate surface area is 88.7 Å².